The fourth-order valence-corrected chi connectivity index (χ4v) is 9.48. The molecule has 0 saturated heterocycles. The SMILES string of the molecule is CCN1C(=O)c2c(O)c(=O)c(C(=O)NCc3ccc(F)c(Cl)c3)c3n2[C@@H](CC3)[C@H]1OC.CCN1C(=O)c2c(OC)c(=O)c(C(=O)NCc3ccc(F)c(Cl)c3)c3n2[C@@H](CC3)[C@H]1OC.[2H]CF.[Cl-].[Li+]. The van der Waals surface area contributed by atoms with Gasteiger partial charge < -0.3 is 61.3 Å². The number of ether oxygens (including phenoxy) is 3. The van der Waals surface area contributed by atoms with Crippen LogP contribution >= 0.6 is 23.2 Å². The zero-order chi connectivity index (χ0) is 48.3. The number of amides is 4. The second kappa shape index (κ2) is 22.9. The van der Waals surface area contributed by atoms with E-state index in [2.05, 4.69) is 10.6 Å². The number of hydrogen-bond acceptors (Lipinski definition) is 10. The van der Waals surface area contributed by atoms with Gasteiger partial charge in [0.25, 0.3) is 23.6 Å². The number of hydrogen-bond donors (Lipinski definition) is 3. The number of methoxy groups -OCH3 is 3. The van der Waals surface area contributed by atoms with Crippen LogP contribution in [-0.2, 0) is 35.4 Å². The molecule has 6 heterocycles. The van der Waals surface area contributed by atoms with Crippen molar-refractivity contribution in [2.45, 2.75) is 77.2 Å². The molecular formula is C44H47Cl3F3LiN6O10. The summed E-state index contributed by atoms with van der Waals surface area (Å²) in [5, 5.41) is 15.8. The summed E-state index contributed by atoms with van der Waals surface area (Å²) in [5.74, 6) is -4.22. The molecule has 0 saturated carbocycles. The first-order chi connectivity index (χ1) is 31.5. The van der Waals surface area contributed by atoms with Crippen LogP contribution in [0.3, 0.4) is 0 Å². The molecule has 4 aliphatic heterocycles. The van der Waals surface area contributed by atoms with Crippen molar-refractivity contribution in [1.82, 2.24) is 29.6 Å². The number of pyridine rings is 2. The summed E-state index contributed by atoms with van der Waals surface area (Å²) < 4.78 is 62.0. The Hall–Kier alpha value is -5.00. The van der Waals surface area contributed by atoms with Gasteiger partial charge in [0, 0.05) is 51.8 Å². The number of nitrogens with one attached hydrogen (secondary N) is 2. The minimum Gasteiger partial charge on any atom is -1.00 e. The van der Waals surface area contributed by atoms with E-state index >= 15 is 0 Å². The number of halogens is 6. The van der Waals surface area contributed by atoms with Gasteiger partial charge in [0.15, 0.2) is 35.3 Å². The first-order valence-corrected chi connectivity index (χ1v) is 21.1. The second-order valence-corrected chi connectivity index (χ2v) is 15.9. The topological polar surface area (TPSA) is 191 Å². The minimum absolute atomic E-state index is 0. The summed E-state index contributed by atoms with van der Waals surface area (Å²) in [5.41, 5.74) is 0.244. The molecule has 356 valence electrons. The van der Waals surface area contributed by atoms with E-state index in [0.29, 0.717) is 61.3 Å². The Labute approximate surface area is 412 Å². The van der Waals surface area contributed by atoms with Gasteiger partial charge in [-0.05, 0) is 74.9 Å². The number of nitrogens with zero attached hydrogens (tertiary/aromatic N) is 4. The van der Waals surface area contributed by atoms with Crippen molar-refractivity contribution in [2.24, 2.45) is 0 Å². The molecule has 8 rings (SSSR count). The Morgan fingerprint density at radius 2 is 1.16 bits per heavy atom. The molecule has 0 aliphatic carbocycles. The number of benzene rings is 2. The van der Waals surface area contributed by atoms with Crippen LogP contribution in [0.25, 0.3) is 0 Å². The predicted molar refractivity (Wildman–Crippen MR) is 232 cm³/mol. The minimum atomic E-state index is -1.00. The van der Waals surface area contributed by atoms with E-state index in [0.717, 1.165) is 0 Å². The smallest absolute Gasteiger partial charge is 1.00 e. The van der Waals surface area contributed by atoms with Crippen LogP contribution in [0.2, 0.25) is 10.0 Å². The van der Waals surface area contributed by atoms with E-state index in [-0.39, 0.29) is 101 Å². The van der Waals surface area contributed by atoms with Crippen molar-refractivity contribution in [3.05, 3.63) is 124 Å². The molecule has 0 spiro atoms. The molecule has 23 heteroatoms. The number of aromatic hydroxyl groups is 1. The first kappa shape index (κ1) is 53.0. The normalized spacial score (nSPS) is 18.4. The van der Waals surface area contributed by atoms with Crippen molar-refractivity contribution >= 4 is 46.8 Å². The van der Waals surface area contributed by atoms with Gasteiger partial charge in [-0.3, -0.25) is 33.2 Å². The van der Waals surface area contributed by atoms with Gasteiger partial charge in [0.05, 0.1) is 37.8 Å². The zero-order valence-corrected chi connectivity index (χ0v) is 39.6. The largest absolute Gasteiger partial charge is 1.00 e. The molecule has 0 unspecified atom stereocenters. The molecule has 2 aromatic carbocycles. The average Bonchev–Trinajstić information content (AvgIpc) is 3.93. The van der Waals surface area contributed by atoms with Crippen LogP contribution in [-0.4, -0.2) is 102 Å². The van der Waals surface area contributed by atoms with Crippen molar-refractivity contribution in [2.75, 3.05) is 41.6 Å². The quantitative estimate of drug-likeness (QED) is 0.163. The molecule has 4 atom stereocenters. The van der Waals surface area contributed by atoms with E-state index in [9.17, 15) is 47.0 Å². The number of carbonyl (C=O) groups excluding carboxylic acids is 4. The third-order valence-corrected chi connectivity index (χ3v) is 12.4. The van der Waals surface area contributed by atoms with Crippen molar-refractivity contribution in [3.63, 3.8) is 0 Å². The summed E-state index contributed by atoms with van der Waals surface area (Å²) in [7, 11) is 3.33. The van der Waals surface area contributed by atoms with E-state index < -0.39 is 65.6 Å². The molecule has 67 heavy (non-hydrogen) atoms. The maximum absolute atomic E-state index is 13.4. The predicted octanol–water partition coefficient (Wildman–Crippen LogP) is -0.679. The van der Waals surface area contributed by atoms with Crippen LogP contribution in [0.15, 0.2) is 46.0 Å². The third kappa shape index (κ3) is 9.83. The van der Waals surface area contributed by atoms with Crippen molar-refractivity contribution in [3.8, 4) is 11.5 Å². The average molecular weight is 991 g/mol. The zero-order valence-electron chi connectivity index (χ0n) is 38.3. The Bertz CT molecular complexity index is 2720. The number of carbonyl (C=O) groups is 4. The number of likely N-dealkylation sites (N-methyl/N-ethyl adjacent to an activating group) is 2. The van der Waals surface area contributed by atoms with Crippen LogP contribution in [0.5, 0.6) is 11.5 Å². The summed E-state index contributed by atoms with van der Waals surface area (Å²) in [4.78, 5) is 81.3. The van der Waals surface area contributed by atoms with Crippen LogP contribution in [0.4, 0.5) is 13.2 Å². The molecule has 2 aromatic heterocycles. The number of rotatable bonds is 11. The standard InChI is InChI=1S/C22H23ClFN3O5.C21H21ClFN3O5.CH3F.ClH.Li/c1-4-26-21(30)17-19(31-2)18(28)16(14-7-8-15(27(14)17)22(26)32-3)20(29)25-10-11-5-6-13(24)12(23)9-11;1-3-25-20(30)16-18(28)17(27)15(13-6-7-14(26(13)16)21(25)31-2)19(29)24-9-10-4-5-12(23)11(22)8-10;1-2;;/h5-6,9,15,22H,4,7-8,10H2,1-3H3,(H,25,29);4-5,8,14,21,28H,3,6-7,9H2,1-2H3,(H,24,29);1H3;1H;/q;;;;+1/p-1/t15-,22+;14-,21+;;;/m00.../s1/i;;1D;;. The summed E-state index contributed by atoms with van der Waals surface area (Å²) in [6, 6.07) is 7.59. The van der Waals surface area contributed by atoms with Gasteiger partial charge in [-0.15, -0.1) is 0 Å². The molecule has 4 aromatic rings. The Morgan fingerprint density at radius 3 is 1.55 bits per heavy atom. The Morgan fingerprint density at radius 1 is 0.761 bits per heavy atom. The third-order valence-electron chi connectivity index (χ3n) is 11.9. The molecule has 0 bridgehead atoms. The van der Waals surface area contributed by atoms with Crippen LogP contribution in [0.1, 0.15) is 104 Å². The van der Waals surface area contributed by atoms with Crippen molar-refractivity contribution in [1.29, 1.82) is 0 Å². The van der Waals surface area contributed by atoms with Gasteiger partial charge in [-0.25, -0.2) is 8.78 Å². The maximum atomic E-state index is 13.4. The van der Waals surface area contributed by atoms with Gasteiger partial charge in [0.1, 0.15) is 22.8 Å². The van der Waals surface area contributed by atoms with Gasteiger partial charge >= 0.3 is 18.9 Å². The molecule has 4 amide bonds. The van der Waals surface area contributed by atoms with Crippen LogP contribution < -0.4 is 57.5 Å². The van der Waals surface area contributed by atoms with E-state index in [1.54, 1.807) is 21.0 Å². The van der Waals surface area contributed by atoms with Gasteiger partial charge in [-0.2, -0.15) is 0 Å². The van der Waals surface area contributed by atoms with E-state index in [1.165, 1.54) is 62.6 Å². The Kier molecular flexibility index (Phi) is 18.1. The molecule has 4 aliphatic rings. The molecular weight excluding hydrogens is 943 g/mol. The maximum Gasteiger partial charge on any atom is 1.00 e. The monoisotopic (exact) mass is 989 g/mol. The molecule has 0 fully saturated rings. The fourth-order valence-electron chi connectivity index (χ4n) is 9.07. The summed E-state index contributed by atoms with van der Waals surface area (Å²) in [6.07, 6.45) is 0.897. The van der Waals surface area contributed by atoms with Crippen molar-refractivity contribution < 1.29 is 84.3 Å². The second-order valence-electron chi connectivity index (χ2n) is 15.1. The van der Waals surface area contributed by atoms with Crippen LogP contribution in [0, 0.1) is 11.6 Å². The number of aromatic nitrogens is 2. The first-order valence-electron chi connectivity index (χ1n) is 21.1. The van der Waals surface area contributed by atoms with Gasteiger partial charge in [0.2, 0.25) is 10.9 Å². The molecule has 16 nitrogen and oxygen atoms in total. The Balaban J connectivity index is 0.000000273. The summed E-state index contributed by atoms with van der Waals surface area (Å²) in [6.45, 7) is 4.43. The molecule has 3 N–H and O–H groups in total. The molecule has 0 radical (unpaired) electrons. The number of alkyl halides is 1. The van der Waals surface area contributed by atoms with E-state index in [1.807, 2.05) is 6.92 Å². The summed E-state index contributed by atoms with van der Waals surface area (Å²) >= 11 is 11.6. The fraction of sp³-hybridized carbons (Fsp3) is 0.409. The van der Waals surface area contributed by atoms with E-state index in [4.69, 9.17) is 38.8 Å². The van der Waals surface area contributed by atoms with Gasteiger partial charge in [-0.1, -0.05) is 35.3 Å².